The lowest BCUT2D eigenvalue weighted by atomic mass is 9.81. The summed E-state index contributed by atoms with van der Waals surface area (Å²) >= 11 is 5.97. The highest BCUT2D eigenvalue weighted by Gasteiger charge is 2.41. The predicted octanol–water partition coefficient (Wildman–Crippen LogP) is 5.40. The van der Waals surface area contributed by atoms with E-state index in [9.17, 15) is 8.42 Å². The van der Waals surface area contributed by atoms with Crippen molar-refractivity contribution in [1.82, 2.24) is 4.98 Å². The molecule has 0 atom stereocenters. The first kappa shape index (κ1) is 17.7. The maximum atomic E-state index is 11.8. The van der Waals surface area contributed by atoms with E-state index >= 15 is 0 Å². The molecule has 0 radical (unpaired) electrons. The lowest BCUT2D eigenvalue weighted by Crippen LogP contribution is -2.11. The van der Waals surface area contributed by atoms with Gasteiger partial charge in [0.1, 0.15) is 5.15 Å². The normalized spacial score (nSPS) is 19.5. The summed E-state index contributed by atoms with van der Waals surface area (Å²) in [5.41, 5.74) is 5.27. The maximum Gasteiger partial charge on any atom is 0.175 e. The standard InChI is InChI=1S/C21H22ClNO2S/c1-26(24,25)17-7-4-15(5-8-17)18-12-21(10-2-3-11-21)13-19(18)16-6-9-20(22)23-14-16/h4-9,14H,2-3,10-13H2,1H3. The third kappa shape index (κ3) is 3.33. The van der Waals surface area contributed by atoms with Gasteiger partial charge in [-0.25, -0.2) is 13.4 Å². The Bertz CT molecular complexity index is 954. The Labute approximate surface area is 160 Å². The molecule has 3 nitrogen and oxygen atoms in total. The predicted molar refractivity (Wildman–Crippen MR) is 106 cm³/mol. The van der Waals surface area contributed by atoms with Gasteiger partial charge in [-0.15, -0.1) is 0 Å². The van der Waals surface area contributed by atoms with Gasteiger partial charge < -0.3 is 0 Å². The minimum atomic E-state index is -3.18. The van der Waals surface area contributed by atoms with Crippen LogP contribution in [0.3, 0.4) is 0 Å². The second kappa shape index (κ2) is 6.50. The van der Waals surface area contributed by atoms with Crippen molar-refractivity contribution in [2.45, 2.75) is 43.4 Å². The van der Waals surface area contributed by atoms with Crippen molar-refractivity contribution >= 4 is 32.6 Å². The number of halogens is 1. The Morgan fingerprint density at radius 2 is 1.50 bits per heavy atom. The fraction of sp³-hybridized carbons (Fsp3) is 0.381. The summed E-state index contributed by atoms with van der Waals surface area (Å²) in [6.07, 6.45) is 10.4. The second-order valence-corrected chi connectivity index (χ2v) is 10.1. The molecule has 0 saturated heterocycles. The molecule has 1 saturated carbocycles. The molecular weight excluding hydrogens is 366 g/mol. The molecule has 0 bridgehead atoms. The summed E-state index contributed by atoms with van der Waals surface area (Å²) in [6, 6.07) is 11.2. The molecule has 5 heteroatoms. The van der Waals surface area contributed by atoms with Crippen molar-refractivity contribution < 1.29 is 8.42 Å². The first-order chi connectivity index (χ1) is 12.4. The van der Waals surface area contributed by atoms with Gasteiger partial charge in [-0.05, 0) is 71.6 Å². The monoisotopic (exact) mass is 387 g/mol. The van der Waals surface area contributed by atoms with Crippen molar-refractivity contribution in [1.29, 1.82) is 0 Å². The lowest BCUT2D eigenvalue weighted by Gasteiger charge is -2.23. The number of allylic oxidation sites excluding steroid dienone is 2. The number of aromatic nitrogens is 1. The van der Waals surface area contributed by atoms with Crippen LogP contribution in [-0.2, 0) is 9.84 Å². The Balaban J connectivity index is 1.78. The summed E-state index contributed by atoms with van der Waals surface area (Å²) in [6.45, 7) is 0. The third-order valence-corrected chi connectivity index (χ3v) is 7.19. The van der Waals surface area contributed by atoms with E-state index in [2.05, 4.69) is 4.98 Å². The molecule has 0 aliphatic heterocycles. The van der Waals surface area contributed by atoms with E-state index in [4.69, 9.17) is 11.6 Å². The maximum absolute atomic E-state index is 11.8. The summed E-state index contributed by atoms with van der Waals surface area (Å²) in [5, 5.41) is 0.502. The molecule has 136 valence electrons. The third-order valence-electron chi connectivity index (χ3n) is 5.84. The topological polar surface area (TPSA) is 47.0 Å². The Morgan fingerprint density at radius 3 is 2.04 bits per heavy atom. The zero-order valence-corrected chi connectivity index (χ0v) is 16.4. The molecule has 2 aliphatic carbocycles. The van der Waals surface area contributed by atoms with Crippen LogP contribution in [0.15, 0.2) is 47.5 Å². The molecule has 1 aromatic heterocycles. The van der Waals surface area contributed by atoms with Gasteiger partial charge in [0.2, 0.25) is 0 Å². The molecule has 1 aromatic carbocycles. The number of rotatable bonds is 3. The summed E-state index contributed by atoms with van der Waals surface area (Å²) in [4.78, 5) is 4.63. The fourth-order valence-corrected chi connectivity index (χ4v) is 5.26. The second-order valence-electron chi connectivity index (χ2n) is 7.68. The van der Waals surface area contributed by atoms with Crippen LogP contribution in [0.25, 0.3) is 11.1 Å². The van der Waals surface area contributed by atoms with Crippen molar-refractivity contribution in [3.8, 4) is 0 Å². The average Bonchev–Trinajstić information content (AvgIpc) is 3.22. The van der Waals surface area contributed by atoms with Gasteiger partial charge in [-0.2, -0.15) is 0 Å². The van der Waals surface area contributed by atoms with Crippen molar-refractivity contribution in [2.24, 2.45) is 5.41 Å². The minimum Gasteiger partial charge on any atom is -0.244 e. The molecule has 4 rings (SSSR count). The quantitative estimate of drug-likeness (QED) is 0.662. The highest BCUT2D eigenvalue weighted by atomic mass is 35.5. The Morgan fingerprint density at radius 1 is 0.923 bits per heavy atom. The van der Waals surface area contributed by atoms with Crippen LogP contribution in [0.2, 0.25) is 5.15 Å². The summed E-state index contributed by atoms with van der Waals surface area (Å²) < 4.78 is 23.5. The number of hydrogen-bond acceptors (Lipinski definition) is 3. The Hall–Kier alpha value is -1.65. The van der Waals surface area contributed by atoms with Crippen molar-refractivity contribution in [3.63, 3.8) is 0 Å². The Kier molecular flexibility index (Phi) is 4.44. The summed E-state index contributed by atoms with van der Waals surface area (Å²) in [7, 11) is -3.18. The smallest absolute Gasteiger partial charge is 0.175 e. The van der Waals surface area contributed by atoms with Gasteiger partial charge in [0, 0.05) is 12.5 Å². The van der Waals surface area contributed by atoms with Crippen LogP contribution in [0, 0.1) is 5.41 Å². The van der Waals surface area contributed by atoms with E-state index in [1.165, 1.54) is 43.1 Å². The van der Waals surface area contributed by atoms with E-state index < -0.39 is 9.84 Å². The highest BCUT2D eigenvalue weighted by molar-refractivity contribution is 7.90. The first-order valence-corrected chi connectivity index (χ1v) is 11.3. The number of sulfone groups is 1. The molecule has 26 heavy (non-hydrogen) atoms. The van der Waals surface area contributed by atoms with Gasteiger partial charge in [-0.1, -0.05) is 42.6 Å². The van der Waals surface area contributed by atoms with E-state index in [1.54, 1.807) is 12.1 Å². The molecule has 2 aliphatic rings. The SMILES string of the molecule is CS(=O)(=O)c1ccc(C2=C(c3ccc(Cl)nc3)CC3(CCCC3)C2)cc1. The average molecular weight is 388 g/mol. The molecular formula is C21H22ClNO2S. The van der Waals surface area contributed by atoms with Gasteiger partial charge in [0.25, 0.3) is 0 Å². The number of pyridine rings is 1. The van der Waals surface area contributed by atoms with E-state index in [1.807, 2.05) is 30.5 Å². The fourth-order valence-electron chi connectivity index (χ4n) is 4.51. The zero-order valence-electron chi connectivity index (χ0n) is 14.8. The minimum absolute atomic E-state index is 0.361. The van der Waals surface area contributed by atoms with Crippen molar-refractivity contribution in [2.75, 3.05) is 6.26 Å². The van der Waals surface area contributed by atoms with Crippen LogP contribution < -0.4 is 0 Å². The summed E-state index contributed by atoms with van der Waals surface area (Å²) in [5.74, 6) is 0. The van der Waals surface area contributed by atoms with Gasteiger partial charge in [-0.3, -0.25) is 0 Å². The molecule has 1 heterocycles. The number of benzene rings is 1. The van der Waals surface area contributed by atoms with Crippen molar-refractivity contribution in [3.05, 3.63) is 58.9 Å². The van der Waals surface area contributed by atoms with Crippen LogP contribution in [0.5, 0.6) is 0 Å². The van der Waals surface area contributed by atoms with Crippen LogP contribution >= 0.6 is 11.6 Å². The molecule has 2 aromatic rings. The number of hydrogen-bond donors (Lipinski definition) is 0. The first-order valence-electron chi connectivity index (χ1n) is 9.01. The zero-order chi connectivity index (χ0) is 18.4. The molecule has 0 amide bonds. The number of nitrogens with zero attached hydrogens (tertiary/aromatic N) is 1. The van der Waals surface area contributed by atoms with Gasteiger partial charge in [0.05, 0.1) is 4.90 Å². The van der Waals surface area contributed by atoms with Crippen LogP contribution in [-0.4, -0.2) is 19.7 Å². The molecule has 0 N–H and O–H groups in total. The largest absolute Gasteiger partial charge is 0.244 e. The van der Waals surface area contributed by atoms with Crippen LogP contribution in [0.1, 0.15) is 49.7 Å². The molecule has 0 unspecified atom stereocenters. The van der Waals surface area contributed by atoms with E-state index in [-0.39, 0.29) is 0 Å². The molecule has 1 spiro atoms. The van der Waals surface area contributed by atoms with Gasteiger partial charge >= 0.3 is 0 Å². The van der Waals surface area contributed by atoms with Gasteiger partial charge in [0.15, 0.2) is 9.84 Å². The highest BCUT2D eigenvalue weighted by Crippen LogP contribution is 2.57. The molecule has 1 fully saturated rings. The lowest BCUT2D eigenvalue weighted by molar-refractivity contribution is 0.330. The van der Waals surface area contributed by atoms with E-state index in [0.29, 0.717) is 15.5 Å². The van der Waals surface area contributed by atoms with E-state index in [0.717, 1.165) is 24.0 Å². The van der Waals surface area contributed by atoms with Crippen LogP contribution in [0.4, 0.5) is 0 Å².